The first-order valence-electron chi connectivity index (χ1n) is 8.06. The maximum Gasteiger partial charge on any atom is 0.234 e. The summed E-state index contributed by atoms with van der Waals surface area (Å²) in [5.41, 5.74) is 0. The molecule has 0 aromatic rings. The summed E-state index contributed by atoms with van der Waals surface area (Å²) in [5.74, 6) is 1.16. The highest BCUT2D eigenvalue weighted by Crippen LogP contribution is 2.29. The fourth-order valence-corrected chi connectivity index (χ4v) is 2.95. The molecule has 0 bridgehead atoms. The number of rotatable bonds is 6. The Bertz CT molecular complexity index is 357. The molecule has 0 heterocycles. The SMILES string of the molecule is CC(C)NC(=O)CN(C)CC(=O)N[C@H]1CCC[C@H](C)[C@H]1C. The summed E-state index contributed by atoms with van der Waals surface area (Å²) in [7, 11) is 1.80. The minimum absolute atomic E-state index is 0.0146. The van der Waals surface area contributed by atoms with Gasteiger partial charge in [0.1, 0.15) is 0 Å². The molecule has 5 nitrogen and oxygen atoms in total. The molecule has 1 rings (SSSR count). The second-order valence-corrected chi connectivity index (χ2v) is 6.84. The van der Waals surface area contributed by atoms with Gasteiger partial charge in [-0.15, -0.1) is 0 Å². The van der Waals surface area contributed by atoms with Crippen LogP contribution in [0.15, 0.2) is 0 Å². The minimum Gasteiger partial charge on any atom is -0.353 e. The van der Waals surface area contributed by atoms with Gasteiger partial charge in [-0.05, 0) is 39.2 Å². The molecular formula is C16H31N3O2. The Morgan fingerprint density at radius 3 is 2.38 bits per heavy atom. The number of hydrogen-bond donors (Lipinski definition) is 2. The normalized spacial score (nSPS) is 26.0. The molecule has 0 unspecified atom stereocenters. The van der Waals surface area contributed by atoms with Gasteiger partial charge in [0, 0.05) is 12.1 Å². The fraction of sp³-hybridized carbons (Fsp3) is 0.875. The highest BCUT2D eigenvalue weighted by molar-refractivity contribution is 5.81. The lowest BCUT2D eigenvalue weighted by Crippen LogP contribution is -2.48. The van der Waals surface area contributed by atoms with E-state index in [0.29, 0.717) is 11.8 Å². The molecule has 0 saturated heterocycles. The summed E-state index contributed by atoms with van der Waals surface area (Å²) in [4.78, 5) is 25.5. The molecule has 0 radical (unpaired) electrons. The Labute approximate surface area is 128 Å². The van der Waals surface area contributed by atoms with E-state index < -0.39 is 0 Å². The average molecular weight is 297 g/mol. The van der Waals surface area contributed by atoms with Crippen LogP contribution in [0.25, 0.3) is 0 Å². The van der Waals surface area contributed by atoms with E-state index in [1.165, 1.54) is 12.8 Å². The number of carbonyl (C=O) groups is 2. The van der Waals surface area contributed by atoms with E-state index in [1.54, 1.807) is 11.9 Å². The zero-order valence-electron chi connectivity index (χ0n) is 14.1. The van der Waals surface area contributed by atoms with Crippen LogP contribution in [-0.2, 0) is 9.59 Å². The van der Waals surface area contributed by atoms with E-state index in [1.807, 2.05) is 13.8 Å². The topological polar surface area (TPSA) is 61.4 Å². The molecule has 1 aliphatic carbocycles. The number of nitrogens with zero attached hydrogens (tertiary/aromatic N) is 1. The van der Waals surface area contributed by atoms with Crippen molar-refractivity contribution in [3.63, 3.8) is 0 Å². The van der Waals surface area contributed by atoms with Crippen molar-refractivity contribution in [2.45, 2.75) is 59.0 Å². The maximum absolute atomic E-state index is 12.1. The lowest BCUT2D eigenvalue weighted by atomic mass is 9.78. The first-order valence-corrected chi connectivity index (χ1v) is 8.06. The molecule has 122 valence electrons. The molecule has 2 N–H and O–H groups in total. The van der Waals surface area contributed by atoms with Crippen LogP contribution in [0.4, 0.5) is 0 Å². The molecule has 0 aromatic heterocycles. The molecule has 21 heavy (non-hydrogen) atoms. The third-order valence-electron chi connectivity index (χ3n) is 4.33. The predicted molar refractivity (Wildman–Crippen MR) is 84.9 cm³/mol. The lowest BCUT2D eigenvalue weighted by Gasteiger charge is -2.34. The molecule has 3 atom stereocenters. The predicted octanol–water partition coefficient (Wildman–Crippen LogP) is 1.38. The Kier molecular flexibility index (Phi) is 7.15. The second kappa shape index (κ2) is 8.37. The van der Waals surface area contributed by atoms with Crippen LogP contribution in [0.1, 0.15) is 47.0 Å². The first-order chi connectivity index (χ1) is 9.79. The van der Waals surface area contributed by atoms with Crippen molar-refractivity contribution >= 4 is 11.8 Å². The summed E-state index contributed by atoms with van der Waals surface area (Å²) in [6.07, 6.45) is 3.50. The quantitative estimate of drug-likeness (QED) is 0.779. The van der Waals surface area contributed by atoms with Gasteiger partial charge >= 0.3 is 0 Å². The summed E-state index contributed by atoms with van der Waals surface area (Å²) >= 11 is 0. The summed E-state index contributed by atoms with van der Waals surface area (Å²) in [5, 5.41) is 5.96. The van der Waals surface area contributed by atoms with E-state index in [9.17, 15) is 9.59 Å². The second-order valence-electron chi connectivity index (χ2n) is 6.84. The van der Waals surface area contributed by atoms with Gasteiger partial charge in [-0.2, -0.15) is 0 Å². The molecule has 1 aliphatic rings. The lowest BCUT2D eigenvalue weighted by molar-refractivity contribution is -0.125. The van der Waals surface area contributed by atoms with Crippen LogP contribution in [0.2, 0.25) is 0 Å². The summed E-state index contributed by atoms with van der Waals surface area (Å²) in [6, 6.07) is 0.406. The van der Waals surface area contributed by atoms with E-state index >= 15 is 0 Å². The van der Waals surface area contributed by atoms with Crippen molar-refractivity contribution in [3.05, 3.63) is 0 Å². The van der Waals surface area contributed by atoms with E-state index in [4.69, 9.17) is 0 Å². The molecule has 0 spiro atoms. The fourth-order valence-electron chi connectivity index (χ4n) is 2.95. The Morgan fingerprint density at radius 1 is 1.14 bits per heavy atom. The van der Waals surface area contributed by atoms with Gasteiger partial charge < -0.3 is 10.6 Å². The zero-order valence-corrected chi connectivity index (χ0v) is 14.1. The van der Waals surface area contributed by atoms with Crippen molar-refractivity contribution in [2.75, 3.05) is 20.1 Å². The van der Waals surface area contributed by atoms with Gasteiger partial charge in [0.05, 0.1) is 13.1 Å². The van der Waals surface area contributed by atoms with Gasteiger partial charge in [-0.1, -0.05) is 26.7 Å². The van der Waals surface area contributed by atoms with Crippen molar-refractivity contribution in [1.82, 2.24) is 15.5 Å². The van der Waals surface area contributed by atoms with Crippen LogP contribution < -0.4 is 10.6 Å². The highest BCUT2D eigenvalue weighted by atomic mass is 16.2. The van der Waals surface area contributed by atoms with E-state index in [-0.39, 0.29) is 37.0 Å². The third-order valence-corrected chi connectivity index (χ3v) is 4.33. The number of carbonyl (C=O) groups excluding carboxylic acids is 2. The molecule has 1 fully saturated rings. The Hall–Kier alpha value is -1.10. The molecular weight excluding hydrogens is 266 g/mol. The molecule has 0 aliphatic heterocycles. The van der Waals surface area contributed by atoms with Gasteiger partial charge in [0.15, 0.2) is 0 Å². The zero-order chi connectivity index (χ0) is 16.0. The van der Waals surface area contributed by atoms with Crippen LogP contribution in [0.5, 0.6) is 0 Å². The van der Waals surface area contributed by atoms with E-state index in [2.05, 4.69) is 24.5 Å². The number of nitrogens with one attached hydrogen (secondary N) is 2. The summed E-state index contributed by atoms with van der Waals surface area (Å²) in [6.45, 7) is 8.84. The monoisotopic (exact) mass is 297 g/mol. The van der Waals surface area contributed by atoms with Gasteiger partial charge in [0.2, 0.25) is 11.8 Å². The van der Waals surface area contributed by atoms with Crippen LogP contribution in [0, 0.1) is 11.8 Å². The molecule has 0 aromatic carbocycles. The smallest absolute Gasteiger partial charge is 0.234 e. The van der Waals surface area contributed by atoms with Crippen molar-refractivity contribution in [2.24, 2.45) is 11.8 Å². The van der Waals surface area contributed by atoms with Gasteiger partial charge in [0.25, 0.3) is 0 Å². The standard InChI is InChI=1S/C16H31N3O2/c1-11(2)17-15(20)9-19(5)10-16(21)18-14-8-6-7-12(3)13(14)4/h11-14H,6-10H2,1-5H3,(H,17,20)(H,18,21)/t12-,13+,14-/m0/s1. The third kappa shape index (κ3) is 6.46. The van der Waals surface area contributed by atoms with Gasteiger partial charge in [-0.25, -0.2) is 0 Å². The van der Waals surface area contributed by atoms with Crippen LogP contribution in [-0.4, -0.2) is 48.9 Å². The van der Waals surface area contributed by atoms with Crippen LogP contribution in [0.3, 0.4) is 0 Å². The van der Waals surface area contributed by atoms with Crippen molar-refractivity contribution < 1.29 is 9.59 Å². The summed E-state index contributed by atoms with van der Waals surface area (Å²) < 4.78 is 0. The average Bonchev–Trinajstić information content (AvgIpc) is 2.33. The number of hydrogen-bond acceptors (Lipinski definition) is 3. The van der Waals surface area contributed by atoms with Crippen molar-refractivity contribution in [1.29, 1.82) is 0 Å². The Balaban J connectivity index is 2.34. The maximum atomic E-state index is 12.1. The van der Waals surface area contributed by atoms with Crippen LogP contribution >= 0.6 is 0 Å². The molecule has 2 amide bonds. The first kappa shape index (κ1) is 18.0. The van der Waals surface area contributed by atoms with E-state index in [0.717, 1.165) is 6.42 Å². The number of amides is 2. The number of likely N-dealkylation sites (N-methyl/N-ethyl adjacent to an activating group) is 1. The Morgan fingerprint density at radius 2 is 1.76 bits per heavy atom. The molecule has 5 heteroatoms. The van der Waals surface area contributed by atoms with Gasteiger partial charge in [-0.3, -0.25) is 14.5 Å². The minimum atomic E-state index is -0.0417. The van der Waals surface area contributed by atoms with Crippen molar-refractivity contribution in [3.8, 4) is 0 Å². The molecule has 1 saturated carbocycles. The highest BCUT2D eigenvalue weighted by Gasteiger charge is 2.28. The largest absolute Gasteiger partial charge is 0.353 e.